The third-order valence-electron chi connectivity index (χ3n) is 5.24. The van der Waals surface area contributed by atoms with Gasteiger partial charge in [0.1, 0.15) is 11.5 Å². The molecule has 2 aromatic rings. The van der Waals surface area contributed by atoms with Crippen LogP contribution in [0.2, 0.25) is 0 Å². The van der Waals surface area contributed by atoms with E-state index in [1.54, 1.807) is 25.3 Å². The topological polar surface area (TPSA) is 45.6 Å². The maximum Gasteiger partial charge on any atom is 0.573 e. The Bertz CT molecular complexity index is 940. The number of halogens is 3. The Kier molecular flexibility index (Phi) is 5.59. The van der Waals surface area contributed by atoms with E-state index in [0.717, 1.165) is 16.9 Å². The van der Waals surface area contributed by atoms with Gasteiger partial charge in [0, 0.05) is 29.6 Å². The number of alkyl halides is 3. The molecule has 29 heavy (non-hydrogen) atoms. The summed E-state index contributed by atoms with van der Waals surface area (Å²) in [6.07, 6.45) is -1.59. The highest BCUT2D eigenvalue weighted by Gasteiger charge is 2.44. The molecule has 0 amide bonds. The van der Waals surface area contributed by atoms with Gasteiger partial charge in [0.2, 0.25) is 0 Å². The maximum absolute atomic E-state index is 12.9. The van der Waals surface area contributed by atoms with Gasteiger partial charge in [-0.05, 0) is 61.7 Å². The Morgan fingerprint density at radius 2 is 1.90 bits per heavy atom. The fraction of sp³-hybridized carbons (Fsp3) is 0.318. The average Bonchev–Trinajstić information content (AvgIpc) is 2.90. The summed E-state index contributed by atoms with van der Waals surface area (Å²) in [6.45, 7) is 4.63. The number of anilines is 1. The Labute approximate surface area is 168 Å². The van der Waals surface area contributed by atoms with Crippen LogP contribution in [0.5, 0.6) is 11.5 Å². The predicted octanol–water partition coefficient (Wildman–Crippen LogP) is 5.47. The zero-order valence-electron chi connectivity index (χ0n) is 16.5. The van der Waals surface area contributed by atoms with Crippen LogP contribution in [0.3, 0.4) is 0 Å². The average molecular weight is 404 g/mol. The van der Waals surface area contributed by atoms with Gasteiger partial charge < -0.3 is 19.8 Å². The van der Waals surface area contributed by atoms with Gasteiger partial charge in [-0.3, -0.25) is 0 Å². The number of methoxy groups -OCH3 is 1. The van der Waals surface area contributed by atoms with Crippen molar-refractivity contribution in [3.63, 3.8) is 0 Å². The highest BCUT2D eigenvalue weighted by atomic mass is 19.4. The SMILES string of the molecule is CCN1/C(=C\C=N)C(C)(Cc2ccccc2OC(F)(F)F)c2cc(OC)ccc21. The monoisotopic (exact) mass is 404 g/mol. The van der Waals surface area contributed by atoms with E-state index < -0.39 is 11.8 Å². The molecule has 2 aromatic carbocycles. The van der Waals surface area contributed by atoms with Crippen molar-refractivity contribution in [3.8, 4) is 11.5 Å². The van der Waals surface area contributed by atoms with Crippen molar-refractivity contribution in [2.24, 2.45) is 0 Å². The van der Waals surface area contributed by atoms with E-state index in [1.807, 2.05) is 32.0 Å². The number of nitrogens with one attached hydrogen (secondary N) is 1. The lowest BCUT2D eigenvalue weighted by Crippen LogP contribution is -2.31. The van der Waals surface area contributed by atoms with E-state index >= 15 is 0 Å². The number of rotatable bonds is 6. The van der Waals surface area contributed by atoms with Crippen molar-refractivity contribution < 1.29 is 22.6 Å². The number of benzene rings is 2. The molecule has 1 unspecified atom stereocenters. The fourth-order valence-electron chi connectivity index (χ4n) is 4.02. The number of likely N-dealkylation sites (N-methyl/N-ethyl adjacent to an activating group) is 1. The van der Waals surface area contributed by atoms with E-state index in [0.29, 0.717) is 17.9 Å². The van der Waals surface area contributed by atoms with Crippen LogP contribution in [0.1, 0.15) is 25.0 Å². The highest BCUT2D eigenvalue weighted by molar-refractivity contribution is 5.79. The molecule has 0 aromatic heterocycles. The van der Waals surface area contributed by atoms with Crippen molar-refractivity contribution in [2.75, 3.05) is 18.6 Å². The summed E-state index contributed by atoms with van der Waals surface area (Å²) in [5.74, 6) is 0.455. The van der Waals surface area contributed by atoms with Crippen LogP contribution in [-0.2, 0) is 11.8 Å². The van der Waals surface area contributed by atoms with Crippen molar-refractivity contribution in [2.45, 2.75) is 32.0 Å². The first kappa shape index (κ1) is 20.8. The number of ether oxygens (including phenoxy) is 2. The molecule has 0 fully saturated rings. The summed E-state index contributed by atoms with van der Waals surface area (Å²) in [4.78, 5) is 2.08. The molecule has 1 aliphatic heterocycles. The molecule has 0 aliphatic carbocycles. The van der Waals surface area contributed by atoms with Gasteiger partial charge in [0.15, 0.2) is 0 Å². The number of nitrogens with zero attached hydrogens (tertiary/aromatic N) is 1. The zero-order valence-corrected chi connectivity index (χ0v) is 16.5. The molecular weight excluding hydrogens is 381 g/mol. The van der Waals surface area contributed by atoms with E-state index in [9.17, 15) is 13.2 Å². The van der Waals surface area contributed by atoms with E-state index in [1.165, 1.54) is 18.3 Å². The van der Waals surface area contributed by atoms with Crippen LogP contribution in [0.4, 0.5) is 18.9 Å². The molecule has 1 heterocycles. The molecule has 0 bridgehead atoms. The number of hydrogen-bond acceptors (Lipinski definition) is 4. The van der Waals surface area contributed by atoms with Gasteiger partial charge in [-0.2, -0.15) is 0 Å². The van der Waals surface area contributed by atoms with Crippen molar-refractivity contribution in [3.05, 3.63) is 65.4 Å². The second kappa shape index (κ2) is 7.81. The number of allylic oxidation sites excluding steroid dienone is 2. The molecule has 1 aliphatic rings. The summed E-state index contributed by atoms with van der Waals surface area (Å²) in [6, 6.07) is 11.9. The summed E-state index contributed by atoms with van der Waals surface area (Å²) >= 11 is 0. The van der Waals surface area contributed by atoms with Crippen molar-refractivity contribution in [1.82, 2.24) is 0 Å². The van der Waals surface area contributed by atoms with Crippen molar-refractivity contribution >= 4 is 11.9 Å². The van der Waals surface area contributed by atoms with Crippen LogP contribution in [0.15, 0.2) is 54.2 Å². The molecule has 0 radical (unpaired) electrons. The minimum Gasteiger partial charge on any atom is -0.497 e. The summed E-state index contributed by atoms with van der Waals surface area (Å²) in [5, 5.41) is 7.61. The Balaban J connectivity index is 2.15. The minimum absolute atomic E-state index is 0.213. The fourth-order valence-corrected chi connectivity index (χ4v) is 4.02. The van der Waals surface area contributed by atoms with Crippen LogP contribution < -0.4 is 14.4 Å². The smallest absolute Gasteiger partial charge is 0.497 e. The lowest BCUT2D eigenvalue weighted by Gasteiger charge is -2.30. The van der Waals surface area contributed by atoms with Crippen LogP contribution in [0, 0.1) is 5.41 Å². The largest absolute Gasteiger partial charge is 0.573 e. The molecule has 1 atom stereocenters. The second-order valence-corrected chi connectivity index (χ2v) is 7.01. The standard InChI is InChI=1S/C22H23F3N2O2/c1-4-27-18-10-9-16(28-3)13-17(18)21(2,20(27)11-12-26)14-15-7-5-6-8-19(15)29-22(23,24)25/h5-13,26H,4,14H2,1-3H3/b20-11-,26-12?. The van der Waals surface area contributed by atoms with Gasteiger partial charge in [-0.1, -0.05) is 18.2 Å². The molecular formula is C22H23F3N2O2. The molecule has 0 saturated heterocycles. The first-order valence-corrected chi connectivity index (χ1v) is 9.24. The van der Waals surface area contributed by atoms with Gasteiger partial charge in [-0.25, -0.2) is 0 Å². The van der Waals surface area contributed by atoms with Gasteiger partial charge in [0.05, 0.1) is 7.11 Å². The minimum atomic E-state index is -4.77. The Morgan fingerprint density at radius 1 is 1.17 bits per heavy atom. The molecule has 1 N–H and O–H groups in total. The number of para-hydroxylation sites is 1. The van der Waals surface area contributed by atoms with Gasteiger partial charge in [-0.15, -0.1) is 13.2 Å². The lowest BCUT2D eigenvalue weighted by molar-refractivity contribution is -0.274. The van der Waals surface area contributed by atoms with Crippen molar-refractivity contribution in [1.29, 1.82) is 5.41 Å². The quantitative estimate of drug-likeness (QED) is 0.650. The Hall–Kier alpha value is -2.96. The first-order valence-electron chi connectivity index (χ1n) is 9.24. The van der Waals surface area contributed by atoms with Crippen LogP contribution >= 0.6 is 0 Å². The molecule has 154 valence electrons. The third-order valence-corrected chi connectivity index (χ3v) is 5.24. The Morgan fingerprint density at radius 3 is 2.52 bits per heavy atom. The molecule has 0 spiro atoms. The van der Waals surface area contributed by atoms with Crippen LogP contribution in [0.25, 0.3) is 0 Å². The van der Waals surface area contributed by atoms with Gasteiger partial charge in [0.25, 0.3) is 0 Å². The normalized spacial score (nSPS) is 19.9. The molecule has 3 rings (SSSR count). The summed E-state index contributed by atoms with van der Waals surface area (Å²) in [5.41, 5.74) is 2.52. The third kappa shape index (κ3) is 3.95. The maximum atomic E-state index is 12.9. The molecule has 4 nitrogen and oxygen atoms in total. The zero-order chi connectivity index (χ0) is 21.2. The second-order valence-electron chi connectivity index (χ2n) is 7.01. The first-order chi connectivity index (χ1) is 13.7. The van der Waals surface area contributed by atoms with E-state index in [4.69, 9.17) is 10.1 Å². The molecule has 0 saturated carbocycles. The van der Waals surface area contributed by atoms with Gasteiger partial charge >= 0.3 is 6.36 Å². The van der Waals surface area contributed by atoms with Crippen LogP contribution in [-0.4, -0.2) is 26.2 Å². The van der Waals surface area contributed by atoms with E-state index in [-0.39, 0.29) is 12.2 Å². The van der Waals surface area contributed by atoms with E-state index in [2.05, 4.69) is 9.64 Å². The summed E-state index contributed by atoms with van der Waals surface area (Å²) < 4.78 is 48.3. The summed E-state index contributed by atoms with van der Waals surface area (Å²) in [7, 11) is 1.58. The predicted molar refractivity (Wildman–Crippen MR) is 107 cm³/mol. The molecule has 7 heteroatoms. The number of hydrogen-bond donors (Lipinski definition) is 1. The number of fused-ring (bicyclic) bond motifs is 1. The lowest BCUT2D eigenvalue weighted by atomic mass is 9.76. The highest BCUT2D eigenvalue weighted by Crippen LogP contribution is 2.51.